The summed E-state index contributed by atoms with van der Waals surface area (Å²) in [6.45, 7) is -0.0413. The second-order valence-electron chi connectivity index (χ2n) is 3.26. The monoisotopic (exact) mass is 247 g/mol. The molecule has 0 aliphatic carbocycles. The smallest absolute Gasteiger partial charge is 0.273 e. The molecule has 0 aliphatic rings. The van der Waals surface area contributed by atoms with E-state index in [1.165, 1.54) is 5.38 Å². The highest BCUT2D eigenvalue weighted by molar-refractivity contribution is 7.03. The van der Waals surface area contributed by atoms with Crippen LogP contribution in [0.25, 0.3) is 0 Å². The van der Waals surface area contributed by atoms with Crippen LogP contribution < -0.4 is 5.32 Å². The number of carbonyl (C=O) groups excluding carboxylic acids is 2. The van der Waals surface area contributed by atoms with Gasteiger partial charge < -0.3 is 5.32 Å². The second kappa shape index (κ2) is 5.31. The van der Waals surface area contributed by atoms with Crippen molar-refractivity contribution in [3.8, 4) is 0 Å². The molecule has 5 nitrogen and oxygen atoms in total. The summed E-state index contributed by atoms with van der Waals surface area (Å²) in [5, 5.41) is 7.64. The number of hydrogen-bond donors (Lipinski definition) is 1. The van der Waals surface area contributed by atoms with E-state index in [0.717, 1.165) is 11.5 Å². The molecule has 6 heteroatoms. The molecular weight excluding hydrogens is 238 g/mol. The van der Waals surface area contributed by atoms with Gasteiger partial charge in [0.15, 0.2) is 11.5 Å². The van der Waals surface area contributed by atoms with Crippen molar-refractivity contribution in [2.45, 2.75) is 0 Å². The van der Waals surface area contributed by atoms with Crippen molar-refractivity contribution in [1.82, 2.24) is 14.9 Å². The third kappa shape index (κ3) is 2.94. The lowest BCUT2D eigenvalue weighted by atomic mass is 10.1. The molecule has 0 saturated carbocycles. The van der Waals surface area contributed by atoms with Gasteiger partial charge in [0.1, 0.15) is 0 Å². The molecule has 0 radical (unpaired) electrons. The fourth-order valence-corrected chi connectivity index (χ4v) is 1.68. The van der Waals surface area contributed by atoms with Gasteiger partial charge in [0.05, 0.1) is 6.54 Å². The lowest BCUT2D eigenvalue weighted by Gasteiger charge is -2.02. The first-order valence-corrected chi connectivity index (χ1v) is 5.74. The highest BCUT2D eigenvalue weighted by Crippen LogP contribution is 2.00. The average Bonchev–Trinajstić information content (AvgIpc) is 2.90. The van der Waals surface area contributed by atoms with E-state index in [-0.39, 0.29) is 23.9 Å². The summed E-state index contributed by atoms with van der Waals surface area (Å²) in [5.74, 6) is -0.523. The first-order valence-electron chi connectivity index (χ1n) is 4.91. The van der Waals surface area contributed by atoms with Crippen molar-refractivity contribution in [1.29, 1.82) is 0 Å². The van der Waals surface area contributed by atoms with E-state index in [0.29, 0.717) is 5.56 Å². The quantitative estimate of drug-likeness (QED) is 0.823. The molecule has 2 aromatic rings. The first-order chi connectivity index (χ1) is 8.27. The Balaban J connectivity index is 1.91. The molecule has 1 aromatic carbocycles. The summed E-state index contributed by atoms with van der Waals surface area (Å²) in [6.07, 6.45) is 0. The minimum absolute atomic E-state index is 0.0413. The van der Waals surface area contributed by atoms with Crippen LogP contribution in [-0.4, -0.2) is 27.8 Å². The van der Waals surface area contributed by atoms with E-state index in [2.05, 4.69) is 14.9 Å². The van der Waals surface area contributed by atoms with Gasteiger partial charge in [-0.25, -0.2) is 0 Å². The summed E-state index contributed by atoms with van der Waals surface area (Å²) in [6, 6.07) is 8.80. The molecule has 0 bridgehead atoms. The topological polar surface area (TPSA) is 72.0 Å². The predicted molar refractivity (Wildman–Crippen MR) is 63.0 cm³/mol. The number of nitrogens with one attached hydrogen (secondary N) is 1. The van der Waals surface area contributed by atoms with Gasteiger partial charge in [0, 0.05) is 10.9 Å². The van der Waals surface area contributed by atoms with Gasteiger partial charge in [-0.2, -0.15) is 0 Å². The molecule has 17 heavy (non-hydrogen) atoms. The normalized spacial score (nSPS) is 9.88. The van der Waals surface area contributed by atoms with Crippen LogP contribution in [0.15, 0.2) is 35.7 Å². The van der Waals surface area contributed by atoms with Crippen molar-refractivity contribution in [3.05, 3.63) is 47.0 Å². The molecule has 0 fully saturated rings. The zero-order chi connectivity index (χ0) is 12.1. The summed E-state index contributed by atoms with van der Waals surface area (Å²) in [7, 11) is 0. The molecule has 0 aliphatic heterocycles. The highest BCUT2D eigenvalue weighted by atomic mass is 32.1. The van der Waals surface area contributed by atoms with Gasteiger partial charge in [-0.3, -0.25) is 9.59 Å². The van der Waals surface area contributed by atoms with Crippen LogP contribution in [0.5, 0.6) is 0 Å². The van der Waals surface area contributed by atoms with E-state index < -0.39 is 0 Å². The van der Waals surface area contributed by atoms with Crippen LogP contribution in [0.1, 0.15) is 20.8 Å². The molecule has 0 unspecified atom stereocenters. The second-order valence-corrected chi connectivity index (χ2v) is 3.87. The zero-order valence-electron chi connectivity index (χ0n) is 8.79. The number of Topliss-reactive ketones (excluding diaryl/α,β-unsaturated/α-hetero) is 1. The van der Waals surface area contributed by atoms with Crippen LogP contribution in [0.3, 0.4) is 0 Å². The standard InChI is InChI=1S/C11H9N3O2S/c15-10(8-4-2-1-3-5-8)6-12-11(16)9-7-17-14-13-9/h1-5,7H,6H2,(H,12,16). The van der Waals surface area contributed by atoms with Gasteiger partial charge >= 0.3 is 0 Å². The lowest BCUT2D eigenvalue weighted by molar-refractivity contribution is 0.0901. The first kappa shape index (κ1) is 11.4. The molecule has 1 amide bonds. The number of nitrogens with zero attached hydrogens (tertiary/aromatic N) is 2. The van der Waals surface area contributed by atoms with Crippen LogP contribution in [0.2, 0.25) is 0 Å². The fourth-order valence-electron chi connectivity index (χ4n) is 1.24. The molecular formula is C11H9N3O2S. The Morgan fingerprint density at radius 3 is 2.65 bits per heavy atom. The fraction of sp³-hybridized carbons (Fsp3) is 0.0909. The third-order valence-electron chi connectivity index (χ3n) is 2.10. The van der Waals surface area contributed by atoms with Crippen molar-refractivity contribution in [2.75, 3.05) is 6.54 Å². The molecule has 0 saturated heterocycles. The number of hydrogen-bond acceptors (Lipinski definition) is 5. The van der Waals surface area contributed by atoms with Crippen molar-refractivity contribution < 1.29 is 9.59 Å². The Hall–Kier alpha value is -2.08. The Kier molecular flexibility index (Phi) is 3.56. The molecule has 1 aromatic heterocycles. The Labute approximate surface area is 102 Å². The van der Waals surface area contributed by atoms with E-state index in [1.54, 1.807) is 24.3 Å². The van der Waals surface area contributed by atoms with Gasteiger partial charge in [-0.1, -0.05) is 34.8 Å². The average molecular weight is 247 g/mol. The van der Waals surface area contributed by atoms with Gasteiger partial charge in [-0.15, -0.1) is 5.10 Å². The summed E-state index contributed by atoms with van der Waals surface area (Å²) >= 11 is 1.09. The maximum absolute atomic E-state index is 11.7. The van der Waals surface area contributed by atoms with E-state index in [1.807, 2.05) is 6.07 Å². The largest absolute Gasteiger partial charge is 0.343 e. The minimum atomic E-state index is -0.386. The number of amides is 1. The Morgan fingerprint density at radius 1 is 1.24 bits per heavy atom. The lowest BCUT2D eigenvalue weighted by Crippen LogP contribution is -2.29. The van der Waals surface area contributed by atoms with Crippen LogP contribution in [-0.2, 0) is 0 Å². The van der Waals surface area contributed by atoms with Gasteiger partial charge in [0.25, 0.3) is 5.91 Å². The number of benzene rings is 1. The van der Waals surface area contributed by atoms with E-state index >= 15 is 0 Å². The third-order valence-corrected chi connectivity index (χ3v) is 2.60. The van der Waals surface area contributed by atoms with E-state index in [4.69, 9.17) is 0 Å². The molecule has 86 valence electrons. The summed E-state index contributed by atoms with van der Waals surface area (Å²) in [5.41, 5.74) is 0.806. The zero-order valence-corrected chi connectivity index (χ0v) is 9.61. The minimum Gasteiger partial charge on any atom is -0.343 e. The molecule has 1 heterocycles. The number of carbonyl (C=O) groups is 2. The molecule has 2 rings (SSSR count). The van der Waals surface area contributed by atoms with Crippen molar-refractivity contribution >= 4 is 23.2 Å². The predicted octanol–water partition coefficient (Wildman–Crippen LogP) is 1.15. The SMILES string of the molecule is O=C(CNC(=O)c1csnn1)c1ccccc1. The van der Waals surface area contributed by atoms with Crippen LogP contribution in [0.4, 0.5) is 0 Å². The summed E-state index contributed by atoms with van der Waals surface area (Å²) in [4.78, 5) is 23.2. The Bertz CT molecular complexity index is 511. The van der Waals surface area contributed by atoms with E-state index in [9.17, 15) is 9.59 Å². The summed E-state index contributed by atoms with van der Waals surface area (Å²) < 4.78 is 3.57. The van der Waals surface area contributed by atoms with Gasteiger partial charge in [0.2, 0.25) is 0 Å². The van der Waals surface area contributed by atoms with Crippen LogP contribution >= 0.6 is 11.5 Å². The maximum atomic E-state index is 11.7. The number of rotatable bonds is 4. The molecule has 1 N–H and O–H groups in total. The number of ketones is 1. The highest BCUT2D eigenvalue weighted by Gasteiger charge is 2.11. The van der Waals surface area contributed by atoms with Crippen molar-refractivity contribution in [2.24, 2.45) is 0 Å². The van der Waals surface area contributed by atoms with Gasteiger partial charge in [-0.05, 0) is 11.5 Å². The van der Waals surface area contributed by atoms with Crippen molar-refractivity contribution in [3.63, 3.8) is 0 Å². The van der Waals surface area contributed by atoms with Crippen LogP contribution in [0, 0.1) is 0 Å². The molecule has 0 atom stereocenters. The molecule has 0 spiro atoms. The maximum Gasteiger partial charge on any atom is 0.273 e. The number of aromatic nitrogens is 2. The Morgan fingerprint density at radius 2 is 2.00 bits per heavy atom.